The molecule has 0 spiro atoms. The molecule has 5 aromatic carbocycles. The van der Waals surface area contributed by atoms with Gasteiger partial charge in [0.15, 0.2) is 0 Å². The third-order valence-corrected chi connectivity index (χ3v) is 8.19. The number of phenols is 1. The molecule has 1 heterocycles. The highest BCUT2D eigenvalue weighted by Crippen LogP contribution is 2.61. The average molecular weight is 505 g/mol. The van der Waals surface area contributed by atoms with Crippen molar-refractivity contribution in [1.82, 2.24) is 0 Å². The lowest BCUT2D eigenvalue weighted by atomic mass is 9.66. The van der Waals surface area contributed by atoms with Gasteiger partial charge >= 0.3 is 0 Å². The monoisotopic (exact) mass is 504 g/mol. The molecular formula is C37H28O2. The predicted molar refractivity (Wildman–Crippen MR) is 161 cm³/mol. The largest absolute Gasteiger partial charge is 0.507 e. The SMILES string of the molecule is C/C=C\C=C(/C)C1(c2ccccc2)c2ccccc2-c2c(O)ccc(-c3cccc4c3oc3ccccc34)c21. The number of fused-ring (bicyclic) bond motifs is 6. The van der Waals surface area contributed by atoms with Gasteiger partial charge in [-0.25, -0.2) is 0 Å². The molecule has 6 aromatic rings. The van der Waals surface area contributed by atoms with Crippen LogP contribution in [0.1, 0.15) is 30.5 Å². The summed E-state index contributed by atoms with van der Waals surface area (Å²) < 4.78 is 6.52. The Morgan fingerprint density at radius 2 is 1.44 bits per heavy atom. The Labute approximate surface area is 228 Å². The Morgan fingerprint density at radius 3 is 2.28 bits per heavy atom. The molecule has 0 saturated heterocycles. The molecule has 0 bridgehead atoms. The van der Waals surface area contributed by atoms with Crippen molar-refractivity contribution in [3.8, 4) is 28.0 Å². The molecule has 188 valence electrons. The highest BCUT2D eigenvalue weighted by Gasteiger charge is 2.48. The zero-order chi connectivity index (χ0) is 26.6. The van der Waals surface area contributed by atoms with Crippen LogP contribution in [-0.2, 0) is 5.41 Å². The summed E-state index contributed by atoms with van der Waals surface area (Å²) in [6.07, 6.45) is 6.36. The van der Waals surface area contributed by atoms with Gasteiger partial charge in [0.1, 0.15) is 16.9 Å². The Bertz CT molecular complexity index is 1940. The molecule has 1 aliphatic carbocycles. The van der Waals surface area contributed by atoms with Gasteiger partial charge in [0, 0.05) is 21.9 Å². The van der Waals surface area contributed by atoms with Crippen molar-refractivity contribution in [3.05, 3.63) is 150 Å². The van der Waals surface area contributed by atoms with Crippen molar-refractivity contribution >= 4 is 21.9 Å². The number of aromatic hydroxyl groups is 1. The number of phenolic OH excluding ortho intramolecular Hbond substituents is 1. The number of allylic oxidation sites excluding steroid dienone is 4. The Kier molecular flexibility index (Phi) is 5.31. The molecule has 0 fully saturated rings. The summed E-state index contributed by atoms with van der Waals surface area (Å²) in [5.74, 6) is 0.287. The van der Waals surface area contributed by atoms with Crippen molar-refractivity contribution in [3.63, 3.8) is 0 Å². The molecule has 2 nitrogen and oxygen atoms in total. The van der Waals surface area contributed by atoms with Crippen molar-refractivity contribution < 1.29 is 9.52 Å². The van der Waals surface area contributed by atoms with Gasteiger partial charge in [0.2, 0.25) is 0 Å². The number of para-hydroxylation sites is 2. The molecule has 0 saturated carbocycles. The second-order valence-electron chi connectivity index (χ2n) is 10.2. The summed E-state index contributed by atoms with van der Waals surface area (Å²) in [6, 6.07) is 37.6. The van der Waals surface area contributed by atoms with E-state index in [-0.39, 0.29) is 5.75 Å². The van der Waals surface area contributed by atoms with Gasteiger partial charge in [-0.05, 0) is 53.8 Å². The summed E-state index contributed by atoms with van der Waals surface area (Å²) in [6.45, 7) is 4.24. The lowest BCUT2D eigenvalue weighted by Gasteiger charge is -2.36. The van der Waals surface area contributed by atoms with Gasteiger partial charge in [0.05, 0.1) is 5.41 Å². The van der Waals surface area contributed by atoms with E-state index < -0.39 is 5.41 Å². The van der Waals surface area contributed by atoms with E-state index in [0.717, 1.165) is 55.3 Å². The average Bonchev–Trinajstić information content (AvgIpc) is 3.52. The molecule has 2 heteroatoms. The lowest BCUT2D eigenvalue weighted by Crippen LogP contribution is -2.29. The summed E-state index contributed by atoms with van der Waals surface area (Å²) in [5, 5.41) is 13.7. The predicted octanol–water partition coefficient (Wildman–Crippen LogP) is 9.80. The minimum atomic E-state index is -0.602. The van der Waals surface area contributed by atoms with E-state index in [1.165, 1.54) is 11.1 Å². The maximum absolute atomic E-state index is 11.5. The standard InChI is InChI=1S/C37H28O2/c1-3-4-13-24(2)37(25-14-6-5-7-15-25)31-20-10-8-17-30(31)34-32(38)23-22-27(35(34)37)29-19-12-18-28-26-16-9-11-21-33(26)39-36(28)29/h3-23,38H,1-2H3/b4-3-,24-13+. The molecule has 1 aromatic heterocycles. The van der Waals surface area contributed by atoms with Crippen LogP contribution in [0.4, 0.5) is 0 Å². The maximum atomic E-state index is 11.5. The van der Waals surface area contributed by atoms with Crippen LogP contribution in [0.3, 0.4) is 0 Å². The molecule has 0 amide bonds. The van der Waals surface area contributed by atoms with Gasteiger partial charge in [-0.1, -0.05) is 121 Å². The topological polar surface area (TPSA) is 33.4 Å². The summed E-state index contributed by atoms with van der Waals surface area (Å²) in [7, 11) is 0. The normalized spacial score (nSPS) is 16.7. The zero-order valence-corrected chi connectivity index (χ0v) is 22.0. The molecule has 7 rings (SSSR count). The van der Waals surface area contributed by atoms with E-state index in [9.17, 15) is 5.11 Å². The van der Waals surface area contributed by atoms with Crippen molar-refractivity contribution in [2.75, 3.05) is 0 Å². The van der Waals surface area contributed by atoms with Crippen molar-refractivity contribution in [1.29, 1.82) is 0 Å². The zero-order valence-electron chi connectivity index (χ0n) is 22.0. The first-order valence-corrected chi connectivity index (χ1v) is 13.4. The second-order valence-corrected chi connectivity index (χ2v) is 10.2. The van der Waals surface area contributed by atoms with Crippen LogP contribution in [0.5, 0.6) is 5.75 Å². The molecule has 1 atom stereocenters. The van der Waals surface area contributed by atoms with Crippen LogP contribution in [-0.4, -0.2) is 5.11 Å². The second kappa shape index (κ2) is 8.89. The molecule has 39 heavy (non-hydrogen) atoms. The third kappa shape index (κ3) is 3.21. The van der Waals surface area contributed by atoms with E-state index in [0.29, 0.717) is 0 Å². The minimum Gasteiger partial charge on any atom is -0.507 e. The highest BCUT2D eigenvalue weighted by molar-refractivity contribution is 6.10. The fraction of sp³-hybridized carbons (Fsp3) is 0.0811. The van der Waals surface area contributed by atoms with Crippen LogP contribution < -0.4 is 0 Å². The third-order valence-electron chi connectivity index (χ3n) is 8.19. The number of rotatable bonds is 4. The molecule has 1 aliphatic rings. The number of hydrogen-bond acceptors (Lipinski definition) is 2. The molecule has 0 radical (unpaired) electrons. The molecular weight excluding hydrogens is 476 g/mol. The van der Waals surface area contributed by atoms with E-state index in [1.807, 2.05) is 25.1 Å². The van der Waals surface area contributed by atoms with Crippen LogP contribution in [0.25, 0.3) is 44.2 Å². The molecule has 1 unspecified atom stereocenters. The van der Waals surface area contributed by atoms with Crippen LogP contribution >= 0.6 is 0 Å². The fourth-order valence-corrected chi connectivity index (χ4v) is 6.59. The Hall–Kier alpha value is -4.82. The van der Waals surface area contributed by atoms with Crippen molar-refractivity contribution in [2.24, 2.45) is 0 Å². The van der Waals surface area contributed by atoms with Crippen LogP contribution in [0.15, 0.2) is 137 Å². The van der Waals surface area contributed by atoms with E-state index in [1.54, 1.807) is 0 Å². The first kappa shape index (κ1) is 23.3. The summed E-state index contributed by atoms with van der Waals surface area (Å²) in [5.41, 5.74) is 9.75. The van der Waals surface area contributed by atoms with Gasteiger partial charge in [0.25, 0.3) is 0 Å². The van der Waals surface area contributed by atoms with E-state index in [2.05, 4.69) is 116 Å². The lowest BCUT2D eigenvalue weighted by molar-refractivity contribution is 0.477. The van der Waals surface area contributed by atoms with Gasteiger partial charge in [-0.15, -0.1) is 0 Å². The van der Waals surface area contributed by atoms with Crippen LogP contribution in [0.2, 0.25) is 0 Å². The summed E-state index contributed by atoms with van der Waals surface area (Å²) >= 11 is 0. The van der Waals surface area contributed by atoms with Crippen LogP contribution in [0, 0.1) is 0 Å². The number of benzene rings is 5. The Morgan fingerprint density at radius 1 is 0.718 bits per heavy atom. The number of furan rings is 1. The number of hydrogen-bond donors (Lipinski definition) is 1. The summed E-state index contributed by atoms with van der Waals surface area (Å²) in [4.78, 5) is 0. The van der Waals surface area contributed by atoms with E-state index in [4.69, 9.17) is 4.42 Å². The highest BCUT2D eigenvalue weighted by atomic mass is 16.3. The minimum absolute atomic E-state index is 0.287. The Balaban J connectivity index is 1.67. The quantitative estimate of drug-likeness (QED) is 0.242. The van der Waals surface area contributed by atoms with Crippen molar-refractivity contribution in [2.45, 2.75) is 19.3 Å². The fourth-order valence-electron chi connectivity index (χ4n) is 6.59. The molecule has 1 N–H and O–H groups in total. The first-order chi connectivity index (χ1) is 19.2. The molecule has 0 aliphatic heterocycles. The first-order valence-electron chi connectivity index (χ1n) is 13.4. The van der Waals surface area contributed by atoms with Gasteiger partial charge in [-0.3, -0.25) is 0 Å². The smallest absolute Gasteiger partial charge is 0.143 e. The maximum Gasteiger partial charge on any atom is 0.143 e. The van der Waals surface area contributed by atoms with E-state index >= 15 is 0 Å². The van der Waals surface area contributed by atoms with Gasteiger partial charge in [-0.2, -0.15) is 0 Å². The van der Waals surface area contributed by atoms with Gasteiger partial charge < -0.3 is 9.52 Å².